The summed E-state index contributed by atoms with van der Waals surface area (Å²) in [4.78, 5) is 19.2. The summed E-state index contributed by atoms with van der Waals surface area (Å²) in [5, 5.41) is 13.3. The zero-order valence-electron chi connectivity index (χ0n) is 17.9. The molecule has 1 aliphatic rings. The van der Waals surface area contributed by atoms with E-state index in [4.69, 9.17) is 9.47 Å². The van der Waals surface area contributed by atoms with E-state index in [9.17, 15) is 14.4 Å². The van der Waals surface area contributed by atoms with Gasteiger partial charge in [0, 0.05) is 42.3 Å². The molecule has 8 heteroatoms. The Morgan fingerprint density at radius 3 is 2.66 bits per heavy atom. The summed E-state index contributed by atoms with van der Waals surface area (Å²) >= 11 is 0. The van der Waals surface area contributed by atoms with E-state index in [1.807, 2.05) is 6.07 Å². The first-order valence-electron chi connectivity index (χ1n) is 10.3. The number of aromatic nitrogens is 1. The summed E-state index contributed by atoms with van der Waals surface area (Å²) in [6.45, 7) is 1.18. The first kappa shape index (κ1) is 21.4. The topological polar surface area (TPSA) is 87.5 Å². The van der Waals surface area contributed by atoms with Crippen LogP contribution in [0.15, 0.2) is 42.6 Å². The third-order valence-corrected chi connectivity index (χ3v) is 5.73. The quantitative estimate of drug-likeness (QED) is 0.650. The van der Waals surface area contributed by atoms with Gasteiger partial charge in [-0.05, 0) is 37.1 Å². The van der Waals surface area contributed by atoms with Gasteiger partial charge in [0.05, 0.1) is 25.5 Å². The molecule has 1 N–H and O–H groups in total. The molecule has 2 heterocycles. The Hall–Kier alpha value is -3.86. The number of nitrogens with one attached hydrogen (secondary N) is 1. The number of hydrogen-bond donors (Lipinski definition) is 1. The molecule has 1 aromatic heterocycles. The maximum Gasteiger partial charge on any atom is 0.227 e. The number of pyridine rings is 1. The van der Waals surface area contributed by atoms with Gasteiger partial charge in [0.25, 0.3) is 0 Å². The van der Waals surface area contributed by atoms with E-state index in [1.165, 1.54) is 12.1 Å². The van der Waals surface area contributed by atoms with E-state index in [-0.39, 0.29) is 11.8 Å². The van der Waals surface area contributed by atoms with Gasteiger partial charge in [-0.1, -0.05) is 6.07 Å². The number of carbonyl (C=O) groups excluding carboxylic acids is 1. The molecule has 32 heavy (non-hydrogen) atoms. The molecule has 0 aliphatic carbocycles. The molecule has 4 rings (SSSR count). The maximum absolute atomic E-state index is 13.4. The van der Waals surface area contributed by atoms with E-state index in [0.29, 0.717) is 54.2 Å². The molecule has 7 nitrogen and oxygen atoms in total. The van der Waals surface area contributed by atoms with Crippen molar-refractivity contribution in [2.24, 2.45) is 5.92 Å². The highest BCUT2D eigenvalue weighted by molar-refractivity contribution is 5.99. The standard InChI is InChI=1S/C24H23FN4O3/c1-31-19-11-20-22(21(12-19)32-2)27-14-16(13-26)23(20)29-8-6-15(7-9-29)24(30)28-18-5-3-4-17(25)10-18/h3-5,10-12,14-15H,6-9H2,1-2H3,(H,28,30). The Labute approximate surface area is 185 Å². The third-order valence-electron chi connectivity index (χ3n) is 5.73. The summed E-state index contributed by atoms with van der Waals surface area (Å²) in [7, 11) is 3.14. The Balaban J connectivity index is 1.58. The first-order chi connectivity index (χ1) is 15.5. The molecular formula is C24H23FN4O3. The van der Waals surface area contributed by atoms with Crippen LogP contribution in [0.1, 0.15) is 18.4 Å². The molecule has 0 atom stereocenters. The highest BCUT2D eigenvalue weighted by Crippen LogP contribution is 2.38. The van der Waals surface area contributed by atoms with Crippen molar-refractivity contribution in [3.63, 3.8) is 0 Å². The molecular weight excluding hydrogens is 411 g/mol. The van der Waals surface area contributed by atoms with Crippen LogP contribution in [0.5, 0.6) is 11.5 Å². The second kappa shape index (κ2) is 9.10. The molecule has 2 aromatic carbocycles. The van der Waals surface area contributed by atoms with Crippen LogP contribution in [0.3, 0.4) is 0 Å². The van der Waals surface area contributed by atoms with Crippen molar-refractivity contribution in [3.8, 4) is 17.6 Å². The van der Waals surface area contributed by atoms with Gasteiger partial charge in [-0.3, -0.25) is 9.78 Å². The summed E-state index contributed by atoms with van der Waals surface area (Å²) in [6, 6.07) is 11.7. The number of amides is 1. The molecule has 0 radical (unpaired) electrons. The number of ether oxygens (including phenoxy) is 2. The van der Waals surface area contributed by atoms with Crippen LogP contribution in [-0.4, -0.2) is 38.2 Å². The lowest BCUT2D eigenvalue weighted by atomic mass is 9.94. The fourth-order valence-electron chi connectivity index (χ4n) is 4.10. The zero-order valence-corrected chi connectivity index (χ0v) is 17.9. The van der Waals surface area contributed by atoms with E-state index in [0.717, 1.165) is 11.1 Å². The van der Waals surface area contributed by atoms with Crippen LogP contribution in [0, 0.1) is 23.1 Å². The largest absolute Gasteiger partial charge is 0.497 e. The monoisotopic (exact) mass is 434 g/mol. The van der Waals surface area contributed by atoms with Crippen molar-refractivity contribution >= 4 is 28.2 Å². The molecule has 1 aliphatic heterocycles. The Kier molecular flexibility index (Phi) is 6.08. The maximum atomic E-state index is 13.4. The van der Waals surface area contributed by atoms with E-state index in [2.05, 4.69) is 21.3 Å². The first-order valence-corrected chi connectivity index (χ1v) is 10.3. The number of nitrogens with zero attached hydrogens (tertiary/aromatic N) is 3. The summed E-state index contributed by atoms with van der Waals surface area (Å²) < 4.78 is 24.3. The molecule has 3 aromatic rings. The Bertz CT molecular complexity index is 1200. The van der Waals surface area contributed by atoms with Crippen LogP contribution in [0.2, 0.25) is 0 Å². The van der Waals surface area contributed by atoms with Crippen molar-refractivity contribution in [1.29, 1.82) is 5.26 Å². The highest BCUT2D eigenvalue weighted by atomic mass is 19.1. The van der Waals surface area contributed by atoms with Gasteiger partial charge in [-0.15, -0.1) is 0 Å². The lowest BCUT2D eigenvalue weighted by Gasteiger charge is -2.34. The van der Waals surface area contributed by atoms with Crippen LogP contribution >= 0.6 is 0 Å². The van der Waals surface area contributed by atoms with E-state index < -0.39 is 5.82 Å². The van der Waals surface area contributed by atoms with Crippen molar-refractivity contribution in [3.05, 3.63) is 54.0 Å². The lowest BCUT2D eigenvalue weighted by Crippen LogP contribution is -2.38. The number of rotatable bonds is 5. The minimum atomic E-state index is -0.392. The number of halogens is 1. The lowest BCUT2D eigenvalue weighted by molar-refractivity contribution is -0.120. The van der Waals surface area contributed by atoms with Crippen LogP contribution in [-0.2, 0) is 4.79 Å². The van der Waals surface area contributed by atoms with Crippen LogP contribution in [0.4, 0.5) is 15.8 Å². The third kappa shape index (κ3) is 4.14. The second-order valence-corrected chi connectivity index (χ2v) is 7.62. The fourth-order valence-corrected chi connectivity index (χ4v) is 4.10. The average Bonchev–Trinajstić information content (AvgIpc) is 2.82. The highest BCUT2D eigenvalue weighted by Gasteiger charge is 2.28. The predicted octanol–water partition coefficient (Wildman–Crippen LogP) is 4.12. The minimum Gasteiger partial charge on any atom is -0.497 e. The van der Waals surface area contributed by atoms with Crippen molar-refractivity contribution in [2.45, 2.75) is 12.8 Å². The van der Waals surface area contributed by atoms with Gasteiger partial charge in [0.15, 0.2) is 0 Å². The Morgan fingerprint density at radius 1 is 1.22 bits per heavy atom. The van der Waals surface area contributed by atoms with Crippen molar-refractivity contribution in [1.82, 2.24) is 4.98 Å². The predicted molar refractivity (Wildman–Crippen MR) is 120 cm³/mol. The van der Waals surface area contributed by atoms with Gasteiger partial charge in [0.1, 0.15) is 28.9 Å². The van der Waals surface area contributed by atoms with Crippen LogP contribution < -0.4 is 19.7 Å². The number of anilines is 2. The normalized spacial score (nSPS) is 14.1. The molecule has 0 spiro atoms. The summed E-state index contributed by atoms with van der Waals surface area (Å²) in [6.07, 6.45) is 2.77. The van der Waals surface area contributed by atoms with E-state index in [1.54, 1.807) is 38.6 Å². The van der Waals surface area contributed by atoms with Crippen LogP contribution in [0.25, 0.3) is 10.9 Å². The van der Waals surface area contributed by atoms with Gasteiger partial charge >= 0.3 is 0 Å². The minimum absolute atomic E-state index is 0.126. The Morgan fingerprint density at radius 2 is 2.00 bits per heavy atom. The summed E-state index contributed by atoms with van der Waals surface area (Å²) in [5.41, 5.74) is 2.31. The van der Waals surface area contributed by atoms with Gasteiger partial charge < -0.3 is 19.7 Å². The number of hydrogen-bond acceptors (Lipinski definition) is 6. The number of fused-ring (bicyclic) bond motifs is 1. The van der Waals surface area contributed by atoms with Crippen molar-refractivity contribution in [2.75, 3.05) is 37.5 Å². The van der Waals surface area contributed by atoms with E-state index >= 15 is 0 Å². The number of piperidine rings is 1. The van der Waals surface area contributed by atoms with Gasteiger partial charge in [-0.2, -0.15) is 5.26 Å². The average molecular weight is 434 g/mol. The number of carbonyl (C=O) groups is 1. The van der Waals surface area contributed by atoms with Gasteiger partial charge in [0.2, 0.25) is 5.91 Å². The smallest absolute Gasteiger partial charge is 0.227 e. The van der Waals surface area contributed by atoms with Crippen molar-refractivity contribution < 1.29 is 18.7 Å². The molecule has 0 saturated carbocycles. The fraction of sp³-hybridized carbons (Fsp3) is 0.292. The number of nitriles is 1. The SMILES string of the molecule is COc1cc(OC)c2ncc(C#N)c(N3CCC(C(=O)Nc4cccc(F)c4)CC3)c2c1. The molecule has 0 bridgehead atoms. The molecule has 1 saturated heterocycles. The number of methoxy groups -OCH3 is 2. The molecule has 0 unspecified atom stereocenters. The molecule has 1 fully saturated rings. The zero-order chi connectivity index (χ0) is 22.7. The summed E-state index contributed by atoms with van der Waals surface area (Å²) in [5.74, 6) is 0.458. The molecule has 164 valence electrons. The second-order valence-electron chi connectivity index (χ2n) is 7.62. The molecule has 1 amide bonds. The number of benzene rings is 2. The van der Waals surface area contributed by atoms with Gasteiger partial charge in [-0.25, -0.2) is 4.39 Å².